The van der Waals surface area contributed by atoms with Crippen molar-refractivity contribution in [2.24, 2.45) is 0 Å². The van der Waals surface area contributed by atoms with Crippen LogP contribution in [0.25, 0.3) is 11.2 Å². The zero-order valence-corrected chi connectivity index (χ0v) is 18.7. The Morgan fingerprint density at radius 1 is 1.22 bits per heavy atom. The van der Waals surface area contributed by atoms with Crippen molar-refractivity contribution in [3.8, 4) is 5.75 Å². The molecule has 1 aromatic carbocycles. The van der Waals surface area contributed by atoms with E-state index in [-0.39, 0.29) is 17.9 Å². The Labute approximate surface area is 189 Å². The number of aromatic nitrogens is 4. The first-order valence-electron chi connectivity index (χ1n) is 9.24. The summed E-state index contributed by atoms with van der Waals surface area (Å²) in [5.41, 5.74) is 1.26. The van der Waals surface area contributed by atoms with Crippen LogP contribution in [0.15, 0.2) is 35.3 Å². The smallest absolute Gasteiger partial charge is 0.469 e. The molecule has 1 aliphatic heterocycles. The van der Waals surface area contributed by atoms with Crippen molar-refractivity contribution < 1.29 is 38.9 Å². The number of nitrogens with zero attached hydrogens (tertiary/aromatic N) is 4. The monoisotopic (exact) mass is 531 g/mol. The largest absolute Gasteiger partial charge is 0.508 e. The number of phosphoric ester groups is 1. The Hall–Kier alpha value is -2.16. The normalized spacial score (nSPS) is 23.7. The van der Waals surface area contributed by atoms with E-state index >= 15 is 0 Å². The average molecular weight is 532 g/mol. The summed E-state index contributed by atoms with van der Waals surface area (Å²) in [6.07, 6.45) is -2.58. The highest BCUT2D eigenvalue weighted by molar-refractivity contribution is 9.10. The van der Waals surface area contributed by atoms with Crippen molar-refractivity contribution in [3.05, 3.63) is 40.9 Å². The standard InChI is InChI=1S/C17H19BrN5O8P/c18-9-1-2-10(24)8(3-9)4-19-15-12-16(21-6-20-15)23(7-22-12)17-14(26)13(25)11(31-17)5-30-32(27,28)29/h1-3,6-7,11,13-14,17,24-26H,4-5H2,(H,19,20,21)(H2,27,28,29)/t11-,13-,14-,17-/m1/s1. The van der Waals surface area contributed by atoms with Crippen molar-refractivity contribution >= 4 is 40.7 Å². The molecule has 0 radical (unpaired) electrons. The first-order valence-corrected chi connectivity index (χ1v) is 11.6. The number of phenolic OH excluding ortho intramolecular Hbond substituents is 1. The minimum absolute atomic E-state index is 0.108. The fourth-order valence-electron chi connectivity index (χ4n) is 3.31. The van der Waals surface area contributed by atoms with E-state index in [1.807, 2.05) is 0 Å². The molecular weight excluding hydrogens is 513 g/mol. The zero-order valence-electron chi connectivity index (χ0n) is 16.2. The van der Waals surface area contributed by atoms with Crippen molar-refractivity contribution in [2.45, 2.75) is 31.1 Å². The first kappa shape index (κ1) is 23.0. The summed E-state index contributed by atoms with van der Waals surface area (Å²) < 4.78 is 23.0. The van der Waals surface area contributed by atoms with E-state index < -0.39 is 39.0 Å². The molecule has 1 saturated heterocycles. The number of hydrogen-bond acceptors (Lipinski definition) is 10. The third-order valence-corrected chi connectivity index (χ3v) is 5.84. The summed E-state index contributed by atoms with van der Waals surface area (Å²) in [5.74, 6) is 0.471. The molecule has 0 amide bonds. The van der Waals surface area contributed by atoms with Gasteiger partial charge in [0, 0.05) is 16.6 Å². The summed E-state index contributed by atoms with van der Waals surface area (Å²) in [4.78, 5) is 30.3. The van der Waals surface area contributed by atoms with Crippen LogP contribution in [0.1, 0.15) is 11.8 Å². The van der Waals surface area contributed by atoms with Gasteiger partial charge < -0.3 is 35.2 Å². The predicted octanol–water partition coefficient (Wildman–Crippen LogP) is 0.635. The van der Waals surface area contributed by atoms with Gasteiger partial charge in [0.25, 0.3) is 0 Å². The molecule has 0 saturated carbocycles. The second kappa shape index (κ2) is 9.00. The zero-order chi connectivity index (χ0) is 23.0. The van der Waals surface area contributed by atoms with Gasteiger partial charge in [-0.1, -0.05) is 15.9 Å². The van der Waals surface area contributed by atoms with Crippen LogP contribution in [0, 0.1) is 0 Å². The molecule has 0 spiro atoms. The molecule has 0 bridgehead atoms. The number of fused-ring (bicyclic) bond motifs is 1. The highest BCUT2D eigenvalue weighted by Crippen LogP contribution is 2.39. The molecule has 32 heavy (non-hydrogen) atoms. The molecule has 3 heterocycles. The van der Waals surface area contributed by atoms with Crippen molar-refractivity contribution in [3.63, 3.8) is 0 Å². The third-order valence-electron chi connectivity index (χ3n) is 4.86. The number of benzene rings is 1. The minimum Gasteiger partial charge on any atom is -0.508 e. The number of aliphatic hydroxyl groups excluding tert-OH is 2. The molecular formula is C17H19BrN5O8P. The molecule has 0 unspecified atom stereocenters. The van der Waals surface area contributed by atoms with E-state index in [2.05, 4.69) is 40.7 Å². The number of nitrogens with one attached hydrogen (secondary N) is 1. The van der Waals surface area contributed by atoms with Gasteiger partial charge in [0.05, 0.1) is 12.9 Å². The third kappa shape index (κ3) is 4.77. The molecule has 15 heteroatoms. The minimum atomic E-state index is -4.77. The lowest BCUT2D eigenvalue weighted by molar-refractivity contribution is -0.0504. The predicted molar refractivity (Wildman–Crippen MR) is 112 cm³/mol. The number of ether oxygens (including phenoxy) is 1. The molecule has 4 atom stereocenters. The average Bonchev–Trinajstić information content (AvgIpc) is 3.28. The fourth-order valence-corrected chi connectivity index (χ4v) is 4.06. The number of aliphatic hydroxyl groups is 2. The van der Waals surface area contributed by atoms with Crippen molar-refractivity contribution in [1.29, 1.82) is 0 Å². The Morgan fingerprint density at radius 2 is 2.00 bits per heavy atom. The number of halogens is 1. The molecule has 6 N–H and O–H groups in total. The SMILES string of the molecule is O=P(O)(O)OC[C@H]1O[C@@H](n2cnc3c(NCc4cc(Br)ccc4O)ncnc32)[C@H](O)[C@@H]1O. The summed E-state index contributed by atoms with van der Waals surface area (Å²) in [6, 6.07) is 5.02. The summed E-state index contributed by atoms with van der Waals surface area (Å²) in [6.45, 7) is -0.378. The number of phenols is 1. The van der Waals surface area contributed by atoms with Gasteiger partial charge in [0.1, 0.15) is 30.4 Å². The second-order valence-corrected chi connectivity index (χ2v) is 9.16. The molecule has 0 aliphatic carbocycles. The van der Waals surface area contributed by atoms with Gasteiger partial charge in [-0.2, -0.15) is 0 Å². The molecule has 13 nitrogen and oxygen atoms in total. The van der Waals surface area contributed by atoms with Gasteiger partial charge >= 0.3 is 7.82 Å². The van der Waals surface area contributed by atoms with Crippen LogP contribution in [0.3, 0.4) is 0 Å². The topological polar surface area (TPSA) is 192 Å². The molecule has 3 aromatic rings. The summed E-state index contributed by atoms with van der Waals surface area (Å²) in [5, 5.41) is 33.7. The second-order valence-electron chi connectivity index (χ2n) is 7.01. The maximum atomic E-state index is 10.9. The molecule has 1 aliphatic rings. The molecule has 172 valence electrons. The van der Waals surface area contributed by atoms with E-state index in [4.69, 9.17) is 14.5 Å². The number of phosphoric acid groups is 1. The van der Waals surface area contributed by atoms with Crippen molar-refractivity contribution in [2.75, 3.05) is 11.9 Å². The van der Waals surface area contributed by atoms with E-state index in [9.17, 15) is 19.9 Å². The van der Waals surface area contributed by atoms with E-state index in [1.54, 1.807) is 18.2 Å². The molecule has 1 fully saturated rings. The maximum absolute atomic E-state index is 10.9. The Kier molecular flexibility index (Phi) is 6.47. The van der Waals surface area contributed by atoms with Crippen LogP contribution in [0.2, 0.25) is 0 Å². The first-order chi connectivity index (χ1) is 15.1. The maximum Gasteiger partial charge on any atom is 0.469 e. The number of hydrogen-bond donors (Lipinski definition) is 6. The van der Waals surface area contributed by atoms with Gasteiger partial charge in [-0.05, 0) is 18.2 Å². The molecule has 4 rings (SSSR count). The van der Waals surface area contributed by atoms with E-state index in [0.717, 1.165) is 4.47 Å². The fraction of sp³-hybridized carbons (Fsp3) is 0.353. The lowest BCUT2D eigenvalue weighted by atomic mass is 10.1. The number of anilines is 1. The quantitative estimate of drug-likeness (QED) is 0.233. The van der Waals surface area contributed by atoms with Gasteiger partial charge in [-0.25, -0.2) is 19.5 Å². The highest BCUT2D eigenvalue weighted by Gasteiger charge is 2.45. The Bertz CT molecular complexity index is 1170. The summed E-state index contributed by atoms with van der Waals surface area (Å²) in [7, 11) is -4.77. The lowest BCUT2D eigenvalue weighted by Gasteiger charge is -2.16. The Balaban J connectivity index is 1.55. The van der Waals surface area contributed by atoms with Gasteiger partial charge in [0.2, 0.25) is 0 Å². The van der Waals surface area contributed by atoms with Crippen LogP contribution < -0.4 is 5.32 Å². The highest BCUT2D eigenvalue weighted by atomic mass is 79.9. The van der Waals surface area contributed by atoms with E-state index in [1.165, 1.54) is 17.2 Å². The lowest BCUT2D eigenvalue weighted by Crippen LogP contribution is -2.33. The van der Waals surface area contributed by atoms with Crippen LogP contribution in [0.5, 0.6) is 5.75 Å². The van der Waals surface area contributed by atoms with Gasteiger partial charge in [-0.15, -0.1) is 0 Å². The van der Waals surface area contributed by atoms with E-state index in [0.29, 0.717) is 16.9 Å². The van der Waals surface area contributed by atoms with Gasteiger partial charge in [-0.3, -0.25) is 9.09 Å². The van der Waals surface area contributed by atoms with Crippen LogP contribution in [-0.2, 0) is 20.4 Å². The summed E-state index contributed by atoms with van der Waals surface area (Å²) >= 11 is 3.35. The number of rotatable bonds is 7. The Morgan fingerprint density at radius 3 is 2.75 bits per heavy atom. The molecule has 2 aromatic heterocycles. The number of imidazole rings is 1. The van der Waals surface area contributed by atoms with Crippen molar-refractivity contribution in [1.82, 2.24) is 19.5 Å². The van der Waals surface area contributed by atoms with Gasteiger partial charge in [0.15, 0.2) is 23.2 Å². The number of aromatic hydroxyl groups is 1. The van der Waals surface area contributed by atoms with Crippen LogP contribution >= 0.6 is 23.8 Å². The van der Waals surface area contributed by atoms with Crippen LogP contribution in [-0.4, -0.2) is 69.5 Å². The van der Waals surface area contributed by atoms with Crippen LogP contribution in [0.4, 0.5) is 5.82 Å².